The van der Waals surface area contributed by atoms with Crippen molar-refractivity contribution in [1.29, 1.82) is 0 Å². The van der Waals surface area contributed by atoms with Crippen LogP contribution in [0.15, 0.2) is 57.3 Å². The van der Waals surface area contributed by atoms with E-state index >= 15 is 17.4 Å². The fraction of sp³-hybridized carbons (Fsp3) is 0.270. The van der Waals surface area contributed by atoms with Crippen LogP contribution in [0, 0.1) is 27.9 Å². The zero-order chi connectivity index (χ0) is 36.0. The summed E-state index contributed by atoms with van der Waals surface area (Å²) < 4.78 is 83.6. The van der Waals surface area contributed by atoms with Crippen molar-refractivity contribution in [3.8, 4) is 0 Å². The van der Waals surface area contributed by atoms with Gasteiger partial charge in [0, 0.05) is 58.2 Å². The third kappa shape index (κ3) is 6.30. The van der Waals surface area contributed by atoms with Crippen molar-refractivity contribution in [2.45, 2.75) is 66.2 Å². The van der Waals surface area contributed by atoms with Crippen LogP contribution in [0.4, 0.5) is 21.8 Å². The van der Waals surface area contributed by atoms with Gasteiger partial charge in [-0.3, -0.25) is 0 Å². The van der Waals surface area contributed by atoms with Crippen molar-refractivity contribution in [3.05, 3.63) is 120 Å². The number of aromatic nitrogens is 1. The van der Waals surface area contributed by atoms with Crippen LogP contribution < -0.4 is 0 Å². The molecular weight excluding hydrogens is 896 g/mol. The van der Waals surface area contributed by atoms with E-state index in [1.165, 1.54) is 0 Å². The molecule has 2 aliphatic rings. The Morgan fingerprint density at radius 3 is 1.78 bits per heavy atom. The first-order valence-electron chi connectivity index (χ1n) is 15.7. The van der Waals surface area contributed by atoms with Crippen LogP contribution >= 0.6 is 67.9 Å². The minimum absolute atomic E-state index is 0.00752. The molecule has 2 aliphatic heterocycles. The lowest BCUT2D eigenvalue weighted by Crippen LogP contribution is -2.51. The maximum Gasteiger partial charge on any atom is 0.737 e. The van der Waals surface area contributed by atoms with E-state index in [2.05, 4.69) is 41.5 Å². The SMILES string of the molecule is CC1=C(I)C(C=Cc2ccc(C(C)(C)C)s2)=[N+]2C1=C(c1c(F)cc(F)cc1F)c1c(C)c(I)c(C=Cc3ccc(C(C)(C)C)s3)n1[B-]2(F)F. The molecule has 0 radical (unpaired) electrons. The van der Waals surface area contributed by atoms with Gasteiger partial charge in [-0.1, -0.05) is 41.5 Å². The third-order valence-corrected chi connectivity index (χ3v) is 14.4. The summed E-state index contributed by atoms with van der Waals surface area (Å²) in [6, 6.07) is 9.18. The number of rotatable bonds is 5. The Balaban J connectivity index is 1.65. The number of hydrogen-bond acceptors (Lipinski definition) is 2. The quantitative estimate of drug-likeness (QED) is 0.107. The van der Waals surface area contributed by atoms with Gasteiger partial charge in [0.15, 0.2) is 11.4 Å². The van der Waals surface area contributed by atoms with E-state index in [4.69, 9.17) is 0 Å². The van der Waals surface area contributed by atoms with Crippen LogP contribution in [0.1, 0.15) is 90.5 Å². The topological polar surface area (TPSA) is 7.94 Å². The second kappa shape index (κ2) is 12.7. The fourth-order valence-corrected chi connectivity index (χ4v) is 9.56. The lowest BCUT2D eigenvalue weighted by Gasteiger charge is -2.34. The molecule has 49 heavy (non-hydrogen) atoms. The van der Waals surface area contributed by atoms with E-state index < -0.39 is 30.0 Å². The monoisotopic (exact) mass is 930 g/mol. The molecule has 0 spiro atoms. The van der Waals surface area contributed by atoms with Crippen LogP contribution in [-0.2, 0) is 10.8 Å². The smallest absolute Gasteiger partial charge is 0.389 e. The molecule has 0 saturated heterocycles. The molecule has 0 aliphatic carbocycles. The number of fused-ring (bicyclic) bond motifs is 2. The number of benzene rings is 1. The molecule has 12 heteroatoms. The minimum atomic E-state index is -4.60. The third-order valence-electron chi connectivity index (χ3n) is 8.71. The summed E-state index contributed by atoms with van der Waals surface area (Å²) in [5, 5.41) is 0. The lowest BCUT2D eigenvalue weighted by molar-refractivity contribution is -0.362. The van der Waals surface area contributed by atoms with E-state index in [1.807, 2.05) is 69.4 Å². The van der Waals surface area contributed by atoms with E-state index in [0.29, 0.717) is 30.4 Å². The van der Waals surface area contributed by atoms with Crippen LogP contribution in [0.5, 0.6) is 0 Å². The maximum atomic E-state index is 17.5. The van der Waals surface area contributed by atoms with Gasteiger partial charge < -0.3 is 17.6 Å². The molecule has 2 nitrogen and oxygen atoms in total. The second-order valence-corrected chi connectivity index (χ2v) is 18.8. The highest BCUT2D eigenvalue weighted by Crippen LogP contribution is 2.49. The molecule has 1 aromatic carbocycles. The highest BCUT2D eigenvalue weighted by Gasteiger charge is 2.58. The molecule has 0 fully saturated rings. The summed E-state index contributed by atoms with van der Waals surface area (Å²) in [5.41, 5.74) is 0.643. The fourth-order valence-electron chi connectivity index (χ4n) is 6.23. The highest BCUT2D eigenvalue weighted by molar-refractivity contribution is 14.1. The van der Waals surface area contributed by atoms with Crippen molar-refractivity contribution in [1.82, 2.24) is 4.48 Å². The zero-order valence-corrected chi connectivity index (χ0v) is 34.2. The van der Waals surface area contributed by atoms with Gasteiger partial charge in [0.2, 0.25) is 0 Å². The van der Waals surface area contributed by atoms with Gasteiger partial charge in [0.1, 0.15) is 17.5 Å². The molecule has 0 saturated carbocycles. The van der Waals surface area contributed by atoms with Crippen molar-refractivity contribution in [2.75, 3.05) is 0 Å². The number of allylic oxidation sites excluding steroid dienone is 3. The molecule has 0 N–H and O–H groups in total. The molecule has 4 aromatic rings. The Hall–Kier alpha value is -2.30. The first kappa shape index (κ1) is 36.5. The van der Waals surface area contributed by atoms with Gasteiger partial charge in [-0.25, -0.2) is 13.2 Å². The Morgan fingerprint density at radius 2 is 1.29 bits per heavy atom. The van der Waals surface area contributed by atoms with Crippen molar-refractivity contribution in [2.24, 2.45) is 0 Å². The largest absolute Gasteiger partial charge is 0.737 e. The van der Waals surface area contributed by atoms with Crippen LogP contribution in [0.25, 0.3) is 23.8 Å². The van der Waals surface area contributed by atoms with Crippen LogP contribution in [0.3, 0.4) is 0 Å². The van der Waals surface area contributed by atoms with Gasteiger partial charge in [0.25, 0.3) is 0 Å². The van der Waals surface area contributed by atoms with Gasteiger partial charge >= 0.3 is 6.97 Å². The molecule has 0 unspecified atom stereocenters. The molecule has 0 amide bonds. The van der Waals surface area contributed by atoms with Gasteiger partial charge in [-0.15, -0.1) is 22.7 Å². The summed E-state index contributed by atoms with van der Waals surface area (Å²) >= 11 is 7.23. The predicted octanol–water partition coefficient (Wildman–Crippen LogP) is 12.6. The summed E-state index contributed by atoms with van der Waals surface area (Å²) in [7, 11) is 0. The molecular formula is C37H34BF5I2N2S2. The Morgan fingerprint density at radius 1 is 0.776 bits per heavy atom. The van der Waals surface area contributed by atoms with Crippen molar-refractivity contribution >= 4 is 104 Å². The molecule has 256 valence electrons. The molecule has 6 rings (SSSR count). The Labute approximate surface area is 319 Å². The van der Waals surface area contributed by atoms with Crippen LogP contribution in [0.2, 0.25) is 0 Å². The molecule has 0 bridgehead atoms. The summed E-state index contributed by atoms with van der Waals surface area (Å²) in [4.78, 5) is 4.09. The predicted molar refractivity (Wildman–Crippen MR) is 214 cm³/mol. The van der Waals surface area contributed by atoms with Gasteiger partial charge in [0.05, 0.1) is 14.7 Å². The lowest BCUT2D eigenvalue weighted by atomic mass is 9.83. The average molecular weight is 930 g/mol. The van der Waals surface area contributed by atoms with E-state index in [-0.39, 0.29) is 39.2 Å². The van der Waals surface area contributed by atoms with Gasteiger partial charge in [-0.2, -0.15) is 0 Å². The van der Waals surface area contributed by atoms with E-state index in [9.17, 15) is 4.39 Å². The second-order valence-electron chi connectivity index (χ2n) is 14.4. The zero-order valence-electron chi connectivity index (χ0n) is 28.2. The minimum Gasteiger partial charge on any atom is -0.389 e. The number of thiophene rings is 2. The highest BCUT2D eigenvalue weighted by atomic mass is 127. The number of nitrogens with zero attached hydrogens (tertiary/aromatic N) is 2. The Bertz CT molecular complexity index is 2180. The summed E-state index contributed by atoms with van der Waals surface area (Å²) in [5.74, 6) is -3.41. The molecule has 5 heterocycles. The Kier molecular flexibility index (Phi) is 9.48. The van der Waals surface area contributed by atoms with Crippen LogP contribution in [-0.4, -0.2) is 21.6 Å². The van der Waals surface area contributed by atoms with E-state index in [0.717, 1.165) is 28.5 Å². The molecule has 3 aromatic heterocycles. The number of halogens is 7. The van der Waals surface area contributed by atoms with Crippen molar-refractivity contribution in [3.63, 3.8) is 0 Å². The maximum absolute atomic E-state index is 17.5. The van der Waals surface area contributed by atoms with Gasteiger partial charge in [-0.05, 0) is 118 Å². The first-order valence-corrected chi connectivity index (χ1v) is 19.4. The summed E-state index contributed by atoms with van der Waals surface area (Å²) in [6.45, 7) is 11.4. The normalized spacial score (nSPS) is 16.6. The summed E-state index contributed by atoms with van der Waals surface area (Å²) in [6.07, 6.45) is 6.92. The molecule has 0 atom stereocenters. The number of hydrogen-bond donors (Lipinski definition) is 0. The first-order chi connectivity index (χ1) is 22.7. The van der Waals surface area contributed by atoms with Crippen molar-refractivity contribution < 1.29 is 26.3 Å². The average Bonchev–Trinajstić information content (AvgIpc) is 3.76. The van der Waals surface area contributed by atoms with E-state index in [1.54, 1.807) is 60.8 Å². The standard InChI is InChI=1S/C37H34BF5I2N2S2/c1-19-32(44)26(13-9-22-11-15-28(48-22)36(3,4)5)46-34(19)31(30-24(40)17-21(39)18-25(30)41)35-20(2)33(45)27(47(35)38(46,42)43)14-10-23-12-16-29(49-23)37(6,7)8/h9-18H,1-8H3.